The Morgan fingerprint density at radius 2 is 2.19 bits per heavy atom. The minimum atomic E-state index is -0.488. The smallest absolute Gasteiger partial charge is 0.242 e. The molecule has 118 valence electrons. The molecule has 0 bridgehead atoms. The van der Waals surface area contributed by atoms with Crippen LogP contribution in [0.5, 0.6) is 5.88 Å². The summed E-state index contributed by atoms with van der Waals surface area (Å²) in [5.41, 5.74) is 6.22. The van der Waals surface area contributed by atoms with Crippen LogP contribution in [0.1, 0.15) is 20.3 Å². The molecule has 1 aromatic rings. The molecule has 8 heteroatoms. The van der Waals surface area contributed by atoms with Gasteiger partial charge in [-0.2, -0.15) is 4.98 Å². The van der Waals surface area contributed by atoms with Gasteiger partial charge in [0.05, 0.1) is 13.2 Å². The van der Waals surface area contributed by atoms with E-state index in [-0.39, 0.29) is 5.91 Å². The predicted octanol–water partition coefficient (Wildman–Crippen LogP) is 0.411. The van der Waals surface area contributed by atoms with Gasteiger partial charge in [-0.1, -0.05) is 6.92 Å². The standard InChI is InChI=1S/C13H23N5O3/c1-4-6-21-13-10(14)11(16-8-17-13)18-9(2)12(19)15-5-7-20-3/h8-9H,4-7,14H2,1-3H3,(H,15,19)(H,16,17,18). The Labute approximate surface area is 124 Å². The van der Waals surface area contributed by atoms with Crippen LogP contribution in [0.3, 0.4) is 0 Å². The van der Waals surface area contributed by atoms with Gasteiger partial charge in [0.1, 0.15) is 18.1 Å². The summed E-state index contributed by atoms with van der Waals surface area (Å²) >= 11 is 0. The molecule has 1 unspecified atom stereocenters. The highest BCUT2D eigenvalue weighted by Crippen LogP contribution is 2.25. The number of hydrogen-bond acceptors (Lipinski definition) is 7. The van der Waals surface area contributed by atoms with E-state index in [1.165, 1.54) is 6.33 Å². The number of anilines is 2. The Morgan fingerprint density at radius 3 is 2.86 bits per heavy atom. The molecule has 1 heterocycles. The zero-order valence-corrected chi connectivity index (χ0v) is 12.7. The quantitative estimate of drug-likeness (QED) is 0.566. The lowest BCUT2D eigenvalue weighted by atomic mass is 10.3. The SMILES string of the molecule is CCCOc1ncnc(NC(C)C(=O)NCCOC)c1N. The van der Waals surface area contributed by atoms with Crippen LogP contribution in [-0.4, -0.2) is 48.8 Å². The van der Waals surface area contributed by atoms with Gasteiger partial charge in [0.15, 0.2) is 5.82 Å². The van der Waals surface area contributed by atoms with Crippen molar-refractivity contribution in [3.8, 4) is 5.88 Å². The average Bonchev–Trinajstić information content (AvgIpc) is 2.48. The molecule has 1 atom stereocenters. The summed E-state index contributed by atoms with van der Waals surface area (Å²) in [5.74, 6) is 0.535. The van der Waals surface area contributed by atoms with Crippen LogP contribution < -0.4 is 21.1 Å². The number of carbonyl (C=O) groups excluding carboxylic acids is 1. The zero-order chi connectivity index (χ0) is 15.7. The third-order valence-electron chi connectivity index (χ3n) is 2.64. The van der Waals surface area contributed by atoms with Gasteiger partial charge in [0.2, 0.25) is 11.8 Å². The summed E-state index contributed by atoms with van der Waals surface area (Å²) in [6.07, 6.45) is 2.20. The number of nitrogen functional groups attached to an aromatic ring is 1. The molecular formula is C13H23N5O3. The molecule has 0 saturated carbocycles. The molecule has 0 saturated heterocycles. The lowest BCUT2D eigenvalue weighted by molar-refractivity contribution is -0.121. The van der Waals surface area contributed by atoms with Crippen molar-refractivity contribution in [2.24, 2.45) is 0 Å². The highest BCUT2D eigenvalue weighted by atomic mass is 16.5. The number of nitrogens with one attached hydrogen (secondary N) is 2. The number of carbonyl (C=O) groups is 1. The number of methoxy groups -OCH3 is 1. The molecule has 21 heavy (non-hydrogen) atoms. The van der Waals surface area contributed by atoms with Crippen LogP contribution in [-0.2, 0) is 9.53 Å². The molecular weight excluding hydrogens is 274 g/mol. The number of amides is 1. The molecule has 8 nitrogen and oxygen atoms in total. The lowest BCUT2D eigenvalue weighted by Crippen LogP contribution is -2.39. The van der Waals surface area contributed by atoms with E-state index in [1.54, 1.807) is 14.0 Å². The van der Waals surface area contributed by atoms with Gasteiger partial charge in [-0.05, 0) is 13.3 Å². The zero-order valence-electron chi connectivity index (χ0n) is 12.7. The van der Waals surface area contributed by atoms with Crippen LogP contribution in [0.2, 0.25) is 0 Å². The van der Waals surface area contributed by atoms with Crippen molar-refractivity contribution in [2.75, 3.05) is 37.9 Å². The van der Waals surface area contributed by atoms with Crippen molar-refractivity contribution in [3.63, 3.8) is 0 Å². The maximum atomic E-state index is 11.8. The van der Waals surface area contributed by atoms with Crippen molar-refractivity contribution in [1.29, 1.82) is 0 Å². The van der Waals surface area contributed by atoms with E-state index in [9.17, 15) is 4.79 Å². The summed E-state index contributed by atoms with van der Waals surface area (Å²) in [5, 5.41) is 5.67. The Kier molecular flexibility index (Phi) is 7.24. The van der Waals surface area contributed by atoms with E-state index < -0.39 is 6.04 Å². The average molecular weight is 297 g/mol. The molecule has 1 rings (SSSR count). The van der Waals surface area contributed by atoms with Gasteiger partial charge in [-0.3, -0.25) is 4.79 Å². The summed E-state index contributed by atoms with van der Waals surface area (Å²) in [6.45, 7) is 5.14. The second kappa shape index (κ2) is 8.96. The fourth-order valence-electron chi connectivity index (χ4n) is 1.51. The molecule has 1 amide bonds. The highest BCUT2D eigenvalue weighted by molar-refractivity contribution is 5.85. The summed E-state index contributed by atoms with van der Waals surface area (Å²) in [6, 6.07) is -0.488. The third kappa shape index (κ3) is 5.42. The van der Waals surface area contributed by atoms with Crippen LogP contribution in [0.4, 0.5) is 11.5 Å². The van der Waals surface area contributed by atoms with Gasteiger partial charge in [-0.25, -0.2) is 4.98 Å². The molecule has 0 fully saturated rings. The normalized spacial score (nSPS) is 11.8. The maximum absolute atomic E-state index is 11.8. The van der Waals surface area contributed by atoms with Gasteiger partial charge in [-0.15, -0.1) is 0 Å². The molecule has 0 aliphatic rings. The van der Waals surface area contributed by atoms with E-state index in [2.05, 4.69) is 20.6 Å². The van der Waals surface area contributed by atoms with Crippen molar-refractivity contribution in [1.82, 2.24) is 15.3 Å². The van der Waals surface area contributed by atoms with E-state index in [4.69, 9.17) is 15.2 Å². The van der Waals surface area contributed by atoms with Crippen LogP contribution in [0.15, 0.2) is 6.33 Å². The van der Waals surface area contributed by atoms with Crippen LogP contribution in [0, 0.1) is 0 Å². The van der Waals surface area contributed by atoms with Crippen LogP contribution >= 0.6 is 0 Å². The minimum Gasteiger partial charge on any atom is -0.476 e. The van der Waals surface area contributed by atoms with Crippen molar-refractivity contribution < 1.29 is 14.3 Å². The highest BCUT2D eigenvalue weighted by Gasteiger charge is 2.16. The summed E-state index contributed by atoms with van der Waals surface area (Å²) in [7, 11) is 1.58. The van der Waals surface area contributed by atoms with E-state index in [0.29, 0.717) is 37.1 Å². The fraction of sp³-hybridized carbons (Fsp3) is 0.615. The number of hydrogen-bond donors (Lipinski definition) is 3. The van der Waals surface area contributed by atoms with E-state index >= 15 is 0 Å². The van der Waals surface area contributed by atoms with Crippen LogP contribution in [0.25, 0.3) is 0 Å². The monoisotopic (exact) mass is 297 g/mol. The number of aromatic nitrogens is 2. The molecule has 0 radical (unpaired) electrons. The van der Waals surface area contributed by atoms with Gasteiger partial charge in [0.25, 0.3) is 0 Å². The largest absolute Gasteiger partial charge is 0.476 e. The first kappa shape index (κ1) is 17.0. The minimum absolute atomic E-state index is 0.166. The molecule has 0 aliphatic carbocycles. The second-order valence-corrected chi connectivity index (χ2v) is 4.44. The van der Waals surface area contributed by atoms with Gasteiger partial charge in [0, 0.05) is 13.7 Å². The summed E-state index contributed by atoms with van der Waals surface area (Å²) in [4.78, 5) is 19.9. The van der Waals surface area contributed by atoms with Crippen molar-refractivity contribution in [2.45, 2.75) is 26.3 Å². The molecule has 0 aromatic carbocycles. The molecule has 4 N–H and O–H groups in total. The maximum Gasteiger partial charge on any atom is 0.242 e. The fourth-order valence-corrected chi connectivity index (χ4v) is 1.51. The second-order valence-electron chi connectivity index (χ2n) is 4.44. The molecule has 1 aromatic heterocycles. The lowest BCUT2D eigenvalue weighted by Gasteiger charge is -2.16. The Balaban J connectivity index is 2.63. The first-order chi connectivity index (χ1) is 10.1. The number of ether oxygens (including phenoxy) is 2. The molecule has 0 aliphatic heterocycles. The first-order valence-electron chi connectivity index (χ1n) is 6.86. The van der Waals surface area contributed by atoms with E-state index in [0.717, 1.165) is 6.42 Å². The van der Waals surface area contributed by atoms with Crippen molar-refractivity contribution in [3.05, 3.63) is 6.33 Å². The Morgan fingerprint density at radius 1 is 1.43 bits per heavy atom. The number of nitrogens with two attached hydrogens (primary N) is 1. The van der Waals surface area contributed by atoms with Gasteiger partial charge >= 0.3 is 0 Å². The summed E-state index contributed by atoms with van der Waals surface area (Å²) < 4.78 is 10.3. The van der Waals surface area contributed by atoms with Gasteiger partial charge < -0.3 is 25.8 Å². The third-order valence-corrected chi connectivity index (χ3v) is 2.64. The Hall–Kier alpha value is -2.09. The first-order valence-corrected chi connectivity index (χ1v) is 6.86. The van der Waals surface area contributed by atoms with E-state index in [1.807, 2.05) is 6.92 Å². The Bertz CT molecular complexity index is 455. The van der Waals surface area contributed by atoms with Crippen molar-refractivity contribution >= 4 is 17.4 Å². The molecule has 0 spiro atoms. The number of rotatable bonds is 9. The predicted molar refractivity (Wildman–Crippen MR) is 80.2 cm³/mol. The number of nitrogens with zero attached hydrogens (tertiary/aromatic N) is 2. The topological polar surface area (TPSA) is 111 Å².